The molecular weight excluding hydrogens is 1290 g/mol. The third kappa shape index (κ3) is 33.6. The van der Waals surface area contributed by atoms with Crippen molar-refractivity contribution in [1.82, 2.24) is 63.8 Å². The Balaban J connectivity index is 2.20. The largest absolute Gasteiger partial charge is 0.394 e. The lowest BCUT2D eigenvalue weighted by Gasteiger charge is -2.28. The van der Waals surface area contributed by atoms with Gasteiger partial charge in [0.05, 0.1) is 38.4 Å². The molecule has 13 amide bonds. The molecular formula is C62H102N22O15. The first-order valence-corrected chi connectivity index (χ1v) is 32.4. The summed E-state index contributed by atoms with van der Waals surface area (Å²) < 4.78 is 0. The van der Waals surface area contributed by atoms with Gasteiger partial charge in [-0.1, -0.05) is 67.6 Å². The summed E-state index contributed by atoms with van der Waals surface area (Å²) in [5, 5.41) is 50.3. The number of aliphatic hydroxyl groups excluding tert-OH is 2. The maximum atomic E-state index is 14.1. The molecule has 12 atom stereocenters. The molecule has 99 heavy (non-hydrogen) atoms. The second kappa shape index (κ2) is 46.2. The zero-order chi connectivity index (χ0) is 74.1. The van der Waals surface area contributed by atoms with E-state index in [0.717, 1.165) is 5.56 Å². The molecule has 30 N–H and O–H groups in total. The number of benzene rings is 2. The highest BCUT2D eigenvalue weighted by Crippen LogP contribution is 2.20. The van der Waals surface area contributed by atoms with Crippen LogP contribution in [0.15, 0.2) is 70.6 Å². The van der Waals surface area contributed by atoms with Crippen LogP contribution in [0.1, 0.15) is 109 Å². The van der Waals surface area contributed by atoms with Gasteiger partial charge in [-0.2, -0.15) is 0 Å². The monoisotopic (exact) mass is 1390 g/mol. The van der Waals surface area contributed by atoms with E-state index >= 15 is 0 Å². The number of rotatable bonds is 47. The highest BCUT2D eigenvalue weighted by molar-refractivity contribution is 5.99. The molecule has 0 saturated carbocycles. The van der Waals surface area contributed by atoms with E-state index in [1.165, 1.54) is 20.8 Å². The first kappa shape index (κ1) is 85.0. The average Bonchev–Trinajstić information content (AvgIpc) is 0.848. The van der Waals surface area contributed by atoms with E-state index in [1.54, 1.807) is 61.5 Å². The quantitative estimate of drug-likeness (QED) is 0.0166. The van der Waals surface area contributed by atoms with Crippen LogP contribution in [0, 0.1) is 0 Å². The van der Waals surface area contributed by atoms with Crippen LogP contribution in [0.5, 0.6) is 0 Å². The van der Waals surface area contributed by atoms with E-state index in [9.17, 15) is 72.5 Å². The van der Waals surface area contributed by atoms with Crippen LogP contribution in [0.4, 0.5) is 0 Å². The topological polar surface area (TPSA) is 640 Å². The summed E-state index contributed by atoms with van der Waals surface area (Å²) in [6, 6.07) is 3.44. The van der Waals surface area contributed by atoms with Gasteiger partial charge in [-0.05, 0) is 116 Å². The Kier molecular flexibility index (Phi) is 39.6. The van der Waals surface area contributed by atoms with Crippen molar-refractivity contribution in [3.63, 3.8) is 0 Å². The number of amides is 13. The number of hydrogen-bond donors (Lipinski definition) is 22. The number of nitrogens with one attached hydrogen (secondary N) is 12. The molecule has 37 heteroatoms. The fourth-order valence-electron chi connectivity index (χ4n) is 9.44. The van der Waals surface area contributed by atoms with Crippen LogP contribution in [-0.2, 0) is 68.7 Å². The minimum atomic E-state index is -1.73. The van der Waals surface area contributed by atoms with Gasteiger partial charge in [0.15, 0.2) is 11.9 Å². The Morgan fingerprint density at radius 2 is 0.838 bits per heavy atom. The van der Waals surface area contributed by atoms with E-state index < -0.39 is 175 Å². The smallest absolute Gasteiger partial charge is 0.245 e. The molecule has 0 bridgehead atoms. The lowest BCUT2D eigenvalue weighted by atomic mass is 9.92. The number of primary amides is 1. The fourth-order valence-corrected chi connectivity index (χ4v) is 9.44. The lowest BCUT2D eigenvalue weighted by Crippen LogP contribution is -2.60. The fraction of sp³-hybridized carbons (Fsp3) is 0.565. The van der Waals surface area contributed by atoms with Gasteiger partial charge in [0.25, 0.3) is 0 Å². The van der Waals surface area contributed by atoms with Gasteiger partial charge in [0, 0.05) is 19.0 Å². The predicted octanol–water partition coefficient (Wildman–Crippen LogP) is -8.66. The number of hydrogen-bond acceptors (Lipinski definition) is 20. The molecule has 550 valence electrons. The van der Waals surface area contributed by atoms with Gasteiger partial charge >= 0.3 is 0 Å². The lowest BCUT2D eigenvalue weighted by molar-refractivity contribution is -0.136. The molecule has 2 aromatic rings. The number of carbonyl (C=O) groups excluding carboxylic acids is 13. The molecule has 0 aliphatic rings. The van der Waals surface area contributed by atoms with Crippen molar-refractivity contribution in [2.75, 3.05) is 52.4 Å². The Bertz CT molecular complexity index is 3030. The van der Waals surface area contributed by atoms with Crippen molar-refractivity contribution < 1.29 is 72.5 Å². The zero-order valence-electron chi connectivity index (χ0n) is 56.4. The Morgan fingerprint density at radius 1 is 0.424 bits per heavy atom. The summed E-state index contributed by atoms with van der Waals surface area (Å²) in [5.74, 6) is -12.9. The first-order valence-electron chi connectivity index (χ1n) is 32.4. The van der Waals surface area contributed by atoms with Crippen molar-refractivity contribution in [1.29, 1.82) is 0 Å². The van der Waals surface area contributed by atoms with E-state index in [4.69, 9.17) is 45.9 Å². The van der Waals surface area contributed by atoms with Crippen molar-refractivity contribution in [2.45, 2.75) is 171 Å². The highest BCUT2D eigenvalue weighted by atomic mass is 16.3. The number of carbonyl (C=O) groups is 13. The van der Waals surface area contributed by atoms with E-state index in [-0.39, 0.29) is 82.9 Å². The molecule has 0 aromatic heterocycles. The number of aliphatic hydroxyl groups is 2. The molecule has 0 saturated heterocycles. The minimum absolute atomic E-state index is 0.0259. The van der Waals surface area contributed by atoms with Crippen LogP contribution in [-0.4, -0.2) is 218 Å². The molecule has 0 aliphatic heterocycles. The summed E-state index contributed by atoms with van der Waals surface area (Å²) in [4.78, 5) is 182. The highest BCUT2D eigenvalue weighted by Gasteiger charge is 2.36. The Morgan fingerprint density at radius 3 is 1.32 bits per heavy atom. The second-order valence-corrected chi connectivity index (χ2v) is 23.4. The summed E-state index contributed by atoms with van der Waals surface area (Å²) in [6.45, 7) is 2.81. The van der Waals surface area contributed by atoms with Gasteiger partial charge in [0.2, 0.25) is 76.8 Å². The van der Waals surface area contributed by atoms with Crippen LogP contribution >= 0.6 is 0 Å². The molecule has 0 radical (unpaired) electrons. The van der Waals surface area contributed by atoms with Gasteiger partial charge in [0.1, 0.15) is 54.4 Å². The van der Waals surface area contributed by atoms with Gasteiger partial charge < -0.3 is 120 Å². The third-order valence-corrected chi connectivity index (χ3v) is 15.1. The third-order valence-electron chi connectivity index (χ3n) is 15.1. The summed E-state index contributed by atoms with van der Waals surface area (Å²) in [5.41, 5.74) is 46.0. The standard InChI is InChI=1S/C62H102N22O15/c1-34(39-19-9-6-10-20-39)49(83-48(89)31-73-46(87)30-74-54(93)40(65)29-38-17-7-5-8-18-38)60(99)84-50(37(4)86)59(98)75-32-47(88)76-35(2)52(91)79-44(24-16-28-72-62(69)70)56(95)81-42(22-12-14-26-64)57(96)82-45(33-85)58(97)77-36(3)53(92)80-43(23-15-27-71-61(67)68)55(94)78-41(51(66)90)21-11-13-25-63/h5-10,17-20,34-37,40-45,49-50,85-86H,11-16,21-33,63-65H2,1-4H3,(H2,66,90)(H,73,87)(H,74,93)(H,75,98)(H,76,88)(H,77,97)(H,78,94)(H,79,91)(H,80,92)(H,81,95)(H,82,96)(H,83,89)(H,84,99)(H4,67,68,71)(H4,69,70,72)/t34-,35+,36+,37-,40+,41+,42+,43+,44+,45+,49-,50+/m1/s1. The first-order chi connectivity index (χ1) is 46.9. The average molecular weight is 1400 g/mol. The molecule has 0 fully saturated rings. The van der Waals surface area contributed by atoms with Crippen molar-refractivity contribution in [2.24, 2.45) is 55.9 Å². The summed E-state index contributed by atoms with van der Waals surface area (Å²) in [7, 11) is 0. The summed E-state index contributed by atoms with van der Waals surface area (Å²) in [6.07, 6.45) is 0.351. The van der Waals surface area contributed by atoms with E-state index in [1.807, 2.05) is 6.07 Å². The van der Waals surface area contributed by atoms with Gasteiger partial charge in [-0.3, -0.25) is 72.3 Å². The molecule has 0 unspecified atom stereocenters. The maximum absolute atomic E-state index is 14.1. The van der Waals surface area contributed by atoms with E-state index in [2.05, 4.69) is 73.8 Å². The van der Waals surface area contributed by atoms with Crippen LogP contribution in [0.3, 0.4) is 0 Å². The number of unbranched alkanes of at least 4 members (excludes halogenated alkanes) is 2. The molecule has 0 spiro atoms. The number of nitrogens with zero attached hydrogens (tertiary/aromatic N) is 2. The second-order valence-electron chi connectivity index (χ2n) is 23.4. The van der Waals surface area contributed by atoms with Gasteiger partial charge in [-0.25, -0.2) is 0 Å². The van der Waals surface area contributed by atoms with Crippen LogP contribution in [0.2, 0.25) is 0 Å². The van der Waals surface area contributed by atoms with Crippen molar-refractivity contribution in [3.05, 3.63) is 71.8 Å². The SMILES string of the molecule is C[C@H](NC(=O)CNC(=O)[C@@H](NC(=O)[C@H](NC(=O)CNC(=O)CNC(=O)[C@@H](N)Cc1ccccc1)[C@H](C)c1ccccc1)[C@@H](C)O)C(=O)N[C@@H](CCCN=C(N)N)C(=O)N[C@@H](CCCCN)C(=O)N[C@@H](CO)C(=O)N[C@@H](C)C(=O)N[C@@H](CCCN=C(N)N)C(=O)N[C@@H](CCCCN)C(N)=O. The normalized spacial score (nSPS) is 14.5. The van der Waals surface area contributed by atoms with Crippen molar-refractivity contribution >= 4 is 88.7 Å². The maximum Gasteiger partial charge on any atom is 0.245 e. The Labute approximate surface area is 574 Å². The van der Waals surface area contributed by atoms with Crippen LogP contribution in [0.25, 0.3) is 0 Å². The number of guanidine groups is 2. The molecule has 37 nitrogen and oxygen atoms in total. The molecule has 2 aromatic carbocycles. The van der Waals surface area contributed by atoms with E-state index in [0.29, 0.717) is 31.4 Å². The van der Waals surface area contributed by atoms with Crippen molar-refractivity contribution in [3.8, 4) is 0 Å². The predicted molar refractivity (Wildman–Crippen MR) is 364 cm³/mol. The molecule has 0 aliphatic carbocycles. The number of aliphatic imine (C=N–C) groups is 2. The Hall–Kier alpha value is -10.1. The summed E-state index contributed by atoms with van der Waals surface area (Å²) >= 11 is 0. The number of nitrogens with two attached hydrogens (primary N) is 8. The minimum Gasteiger partial charge on any atom is -0.394 e. The molecule has 2 rings (SSSR count). The molecule has 0 heterocycles. The van der Waals surface area contributed by atoms with Crippen LogP contribution < -0.4 is 110 Å². The zero-order valence-corrected chi connectivity index (χ0v) is 56.4. The van der Waals surface area contributed by atoms with Gasteiger partial charge in [-0.15, -0.1) is 0 Å².